The van der Waals surface area contributed by atoms with Crippen LogP contribution in [-0.4, -0.2) is 53.8 Å². The van der Waals surface area contributed by atoms with Gasteiger partial charge in [-0.05, 0) is 33.6 Å². The van der Waals surface area contributed by atoms with Crippen LogP contribution in [0.3, 0.4) is 0 Å². The highest BCUT2D eigenvalue weighted by Gasteiger charge is 2.36. The number of nitrogens with one attached hydrogen (secondary N) is 2. The van der Waals surface area contributed by atoms with Crippen LogP contribution in [0.2, 0.25) is 0 Å². The molecule has 7 nitrogen and oxygen atoms in total. The Labute approximate surface area is 119 Å². The molecule has 0 aromatic rings. The van der Waals surface area contributed by atoms with Gasteiger partial charge in [0.05, 0.1) is 6.04 Å². The number of hydrogen-bond acceptors (Lipinski definition) is 4. The van der Waals surface area contributed by atoms with Crippen LogP contribution in [0.25, 0.3) is 0 Å². The molecule has 1 rings (SSSR count). The molecule has 0 spiro atoms. The molecule has 4 N–H and O–H groups in total. The van der Waals surface area contributed by atoms with Crippen molar-refractivity contribution in [3.8, 4) is 0 Å². The molecule has 0 saturated carbocycles. The fraction of sp³-hybridized carbons (Fsp3) is 0.769. The van der Waals surface area contributed by atoms with Crippen molar-refractivity contribution in [1.82, 2.24) is 15.5 Å². The first-order valence-electron chi connectivity index (χ1n) is 7.02. The minimum Gasteiger partial charge on any atom is -0.355 e. The van der Waals surface area contributed by atoms with E-state index in [9.17, 15) is 14.4 Å². The second kappa shape index (κ2) is 7.23. The minimum absolute atomic E-state index is 0.135. The number of likely N-dealkylation sites (tertiary alicyclic amines) is 1. The molecule has 114 valence electrons. The summed E-state index contributed by atoms with van der Waals surface area (Å²) in [4.78, 5) is 37.3. The van der Waals surface area contributed by atoms with Crippen molar-refractivity contribution in [3.63, 3.8) is 0 Å². The third kappa shape index (κ3) is 3.93. The van der Waals surface area contributed by atoms with Crippen molar-refractivity contribution < 1.29 is 14.4 Å². The van der Waals surface area contributed by atoms with Crippen molar-refractivity contribution in [2.24, 2.45) is 5.73 Å². The topological polar surface area (TPSA) is 105 Å². The second-order valence-electron chi connectivity index (χ2n) is 5.10. The van der Waals surface area contributed by atoms with Crippen LogP contribution >= 0.6 is 0 Å². The number of likely N-dealkylation sites (N-methyl/N-ethyl adjacent to an activating group) is 1. The van der Waals surface area contributed by atoms with E-state index in [4.69, 9.17) is 5.73 Å². The lowest BCUT2D eigenvalue weighted by Crippen LogP contribution is -2.54. The van der Waals surface area contributed by atoms with Crippen molar-refractivity contribution in [1.29, 1.82) is 0 Å². The van der Waals surface area contributed by atoms with Gasteiger partial charge < -0.3 is 21.3 Å². The van der Waals surface area contributed by atoms with E-state index in [0.717, 1.165) is 6.42 Å². The van der Waals surface area contributed by atoms with Gasteiger partial charge in [-0.1, -0.05) is 0 Å². The van der Waals surface area contributed by atoms with Crippen molar-refractivity contribution in [2.75, 3.05) is 13.1 Å². The molecule has 20 heavy (non-hydrogen) atoms. The smallest absolute Gasteiger partial charge is 0.245 e. The molecule has 0 unspecified atom stereocenters. The molecular weight excluding hydrogens is 260 g/mol. The summed E-state index contributed by atoms with van der Waals surface area (Å²) in [6.07, 6.45) is 1.45. The van der Waals surface area contributed by atoms with Crippen LogP contribution in [0.15, 0.2) is 0 Å². The van der Waals surface area contributed by atoms with E-state index in [2.05, 4.69) is 10.6 Å². The predicted octanol–water partition coefficient (Wildman–Crippen LogP) is -1.03. The summed E-state index contributed by atoms with van der Waals surface area (Å²) in [5.74, 6) is -0.753. The molecule has 0 aromatic carbocycles. The van der Waals surface area contributed by atoms with Gasteiger partial charge in [0.1, 0.15) is 12.1 Å². The average molecular weight is 284 g/mol. The van der Waals surface area contributed by atoms with Gasteiger partial charge in [-0.25, -0.2) is 0 Å². The highest BCUT2D eigenvalue weighted by atomic mass is 16.2. The van der Waals surface area contributed by atoms with Gasteiger partial charge in [0.25, 0.3) is 0 Å². The Morgan fingerprint density at radius 2 is 2.00 bits per heavy atom. The molecule has 1 heterocycles. The molecule has 1 aliphatic heterocycles. The van der Waals surface area contributed by atoms with Gasteiger partial charge in [0, 0.05) is 13.1 Å². The van der Waals surface area contributed by atoms with Crippen molar-refractivity contribution in [2.45, 2.75) is 51.7 Å². The quantitative estimate of drug-likeness (QED) is 0.600. The Balaban J connectivity index is 2.65. The first kappa shape index (κ1) is 16.4. The number of rotatable bonds is 5. The molecule has 3 amide bonds. The van der Waals surface area contributed by atoms with Crippen molar-refractivity contribution >= 4 is 17.7 Å². The zero-order chi connectivity index (χ0) is 15.3. The van der Waals surface area contributed by atoms with E-state index in [1.54, 1.807) is 13.8 Å². The molecule has 7 heteroatoms. The van der Waals surface area contributed by atoms with E-state index >= 15 is 0 Å². The summed E-state index contributed by atoms with van der Waals surface area (Å²) in [5, 5.41) is 5.29. The number of hydrogen-bond donors (Lipinski definition) is 3. The molecule has 1 aliphatic rings. The van der Waals surface area contributed by atoms with Gasteiger partial charge >= 0.3 is 0 Å². The Bertz CT molecular complexity index is 384. The van der Waals surface area contributed by atoms with E-state index in [1.165, 1.54) is 4.90 Å². The maximum absolute atomic E-state index is 12.3. The van der Waals surface area contributed by atoms with E-state index in [0.29, 0.717) is 19.5 Å². The summed E-state index contributed by atoms with van der Waals surface area (Å²) in [7, 11) is 0. The van der Waals surface area contributed by atoms with Crippen LogP contribution < -0.4 is 16.4 Å². The maximum atomic E-state index is 12.3. The first-order valence-corrected chi connectivity index (χ1v) is 7.02. The molecule has 3 atom stereocenters. The maximum Gasteiger partial charge on any atom is 0.245 e. The highest BCUT2D eigenvalue weighted by Crippen LogP contribution is 2.18. The molecule has 0 aromatic heterocycles. The van der Waals surface area contributed by atoms with E-state index in [-0.39, 0.29) is 17.7 Å². The van der Waals surface area contributed by atoms with Gasteiger partial charge in [0.15, 0.2) is 0 Å². The van der Waals surface area contributed by atoms with Gasteiger partial charge in [-0.2, -0.15) is 0 Å². The lowest BCUT2D eigenvalue weighted by atomic mass is 10.2. The Morgan fingerprint density at radius 3 is 2.55 bits per heavy atom. The molecule has 1 saturated heterocycles. The van der Waals surface area contributed by atoms with Crippen LogP contribution in [0.5, 0.6) is 0 Å². The van der Waals surface area contributed by atoms with Gasteiger partial charge in [0.2, 0.25) is 17.7 Å². The minimum atomic E-state index is -0.677. The van der Waals surface area contributed by atoms with Crippen molar-refractivity contribution in [3.05, 3.63) is 0 Å². The average Bonchev–Trinajstić information content (AvgIpc) is 2.86. The second-order valence-corrected chi connectivity index (χ2v) is 5.10. The van der Waals surface area contributed by atoms with Crippen LogP contribution in [0.4, 0.5) is 0 Å². The lowest BCUT2D eigenvalue weighted by Gasteiger charge is -2.27. The lowest BCUT2D eigenvalue weighted by molar-refractivity contribution is -0.141. The third-order valence-electron chi connectivity index (χ3n) is 3.33. The summed E-state index contributed by atoms with van der Waals surface area (Å²) < 4.78 is 0. The fourth-order valence-corrected chi connectivity index (χ4v) is 2.25. The predicted molar refractivity (Wildman–Crippen MR) is 74.7 cm³/mol. The zero-order valence-electron chi connectivity index (χ0n) is 12.3. The molecule has 0 aliphatic carbocycles. The molecule has 0 radical (unpaired) electrons. The zero-order valence-corrected chi connectivity index (χ0v) is 12.3. The monoisotopic (exact) mass is 284 g/mol. The standard InChI is InChI=1S/C13H24N4O3/c1-4-15-12(19)10-6-5-7-17(10)13(20)9(3)16-11(18)8(2)14/h8-10H,4-7,14H2,1-3H3,(H,15,19)(H,16,18)/t8-,9-,10-/m0/s1. The van der Waals surface area contributed by atoms with Crippen LogP contribution in [-0.2, 0) is 14.4 Å². The Hall–Kier alpha value is -1.63. The SMILES string of the molecule is CCNC(=O)[C@@H]1CCCN1C(=O)[C@H](C)NC(=O)[C@H](C)N. The Morgan fingerprint density at radius 1 is 1.35 bits per heavy atom. The largest absolute Gasteiger partial charge is 0.355 e. The molecule has 1 fully saturated rings. The molecular formula is C13H24N4O3. The van der Waals surface area contributed by atoms with Crippen LogP contribution in [0.1, 0.15) is 33.6 Å². The normalized spacial score (nSPS) is 21.2. The number of nitrogens with two attached hydrogens (primary N) is 1. The van der Waals surface area contributed by atoms with Gasteiger partial charge in [-0.3, -0.25) is 14.4 Å². The van der Waals surface area contributed by atoms with Crippen LogP contribution in [0, 0.1) is 0 Å². The highest BCUT2D eigenvalue weighted by molar-refractivity contribution is 5.93. The van der Waals surface area contributed by atoms with Gasteiger partial charge in [-0.15, -0.1) is 0 Å². The first-order chi connectivity index (χ1) is 9.38. The third-order valence-corrected chi connectivity index (χ3v) is 3.33. The number of nitrogens with zero attached hydrogens (tertiary/aromatic N) is 1. The summed E-state index contributed by atoms with van der Waals surface area (Å²) in [5.41, 5.74) is 5.45. The number of carbonyl (C=O) groups excluding carboxylic acids is 3. The fourth-order valence-electron chi connectivity index (χ4n) is 2.25. The Kier molecular flexibility index (Phi) is 5.94. The van der Waals surface area contributed by atoms with E-state index in [1.807, 2.05) is 6.92 Å². The summed E-state index contributed by atoms with van der Waals surface area (Å²) >= 11 is 0. The van der Waals surface area contributed by atoms with E-state index < -0.39 is 18.1 Å². The summed E-state index contributed by atoms with van der Waals surface area (Å²) in [6.45, 7) is 6.08. The summed E-state index contributed by atoms with van der Waals surface area (Å²) in [6, 6.07) is -1.77. The number of carbonyl (C=O) groups is 3. The number of amides is 3. The molecule has 0 bridgehead atoms.